The van der Waals surface area contributed by atoms with Crippen LogP contribution in [-0.4, -0.2) is 18.9 Å². The summed E-state index contributed by atoms with van der Waals surface area (Å²) in [7, 11) is -4.25. The molecule has 0 spiro atoms. The second-order valence-electron chi connectivity index (χ2n) is 10.3. The Morgan fingerprint density at radius 1 is 0.676 bits per heavy atom. The van der Waals surface area contributed by atoms with Crippen LogP contribution in [0.3, 0.4) is 0 Å². The molecule has 0 aliphatic rings. The number of carbonyl (C=O) groups excluding carboxylic acids is 1. The van der Waals surface area contributed by atoms with Crippen molar-refractivity contribution in [3.63, 3.8) is 0 Å². The molecule has 212 valence electrons. The number of allylic oxidation sites excluding steroid dienone is 1. The van der Waals surface area contributed by atoms with Crippen LogP contribution >= 0.6 is 0 Å². The van der Waals surface area contributed by atoms with E-state index in [1.807, 2.05) is 6.08 Å². The van der Waals surface area contributed by atoms with E-state index in [0.29, 0.717) is 0 Å². The van der Waals surface area contributed by atoms with Crippen LogP contribution in [0.25, 0.3) is 0 Å². The van der Waals surface area contributed by atoms with Crippen LogP contribution in [-0.2, 0) is 14.9 Å². The molecule has 0 radical (unpaired) electrons. The lowest BCUT2D eigenvalue weighted by molar-refractivity contribution is -0.129. The molecule has 0 bridgehead atoms. The van der Waals surface area contributed by atoms with Gasteiger partial charge in [-0.05, 0) is 37.1 Å². The van der Waals surface area contributed by atoms with Gasteiger partial charge in [-0.15, -0.1) is 0 Å². The second-order valence-corrected chi connectivity index (χ2v) is 11.7. The number of hydrogen-bond donors (Lipinski definition) is 1. The van der Waals surface area contributed by atoms with E-state index in [-0.39, 0.29) is 10.6 Å². The molecule has 6 heteroatoms. The van der Waals surface area contributed by atoms with Gasteiger partial charge in [0, 0.05) is 6.08 Å². The SMILES string of the molecule is CCCCCCCCCCCCCCCCCCCCCCC=CC(=O)Oc1ccc(S(=O)(=O)O)cc1. The van der Waals surface area contributed by atoms with Crippen molar-refractivity contribution in [2.24, 2.45) is 0 Å². The van der Waals surface area contributed by atoms with Crippen molar-refractivity contribution in [2.75, 3.05) is 0 Å². The van der Waals surface area contributed by atoms with E-state index in [1.54, 1.807) is 0 Å². The summed E-state index contributed by atoms with van der Waals surface area (Å²) >= 11 is 0. The normalized spacial score (nSPS) is 11.8. The summed E-state index contributed by atoms with van der Waals surface area (Å²) in [5, 5.41) is 0. The van der Waals surface area contributed by atoms with Gasteiger partial charge in [-0.25, -0.2) is 4.79 Å². The fourth-order valence-corrected chi connectivity index (χ4v) is 5.01. The topological polar surface area (TPSA) is 80.7 Å². The number of benzene rings is 1. The molecular formula is C31H52O5S. The van der Waals surface area contributed by atoms with Crippen molar-refractivity contribution in [1.82, 2.24) is 0 Å². The zero-order valence-corrected chi connectivity index (χ0v) is 24.1. The van der Waals surface area contributed by atoms with E-state index in [0.717, 1.165) is 12.8 Å². The van der Waals surface area contributed by atoms with Crippen molar-refractivity contribution in [2.45, 2.75) is 147 Å². The Kier molecular flexibility index (Phi) is 20.1. The first-order valence-electron chi connectivity index (χ1n) is 14.9. The van der Waals surface area contributed by atoms with Gasteiger partial charge < -0.3 is 4.74 Å². The molecule has 37 heavy (non-hydrogen) atoms. The number of rotatable bonds is 24. The lowest BCUT2D eigenvalue weighted by atomic mass is 10.0. The van der Waals surface area contributed by atoms with Crippen molar-refractivity contribution in [3.8, 4) is 5.75 Å². The number of hydrogen-bond acceptors (Lipinski definition) is 4. The molecule has 0 fully saturated rings. The first-order valence-corrected chi connectivity index (χ1v) is 16.3. The highest BCUT2D eigenvalue weighted by molar-refractivity contribution is 7.85. The average molecular weight is 537 g/mol. The first kappa shape index (κ1) is 33.4. The molecule has 0 atom stereocenters. The van der Waals surface area contributed by atoms with E-state index in [2.05, 4.69) is 6.92 Å². The Labute approximate surface area is 227 Å². The first-order chi connectivity index (χ1) is 17.9. The minimum absolute atomic E-state index is 0.234. The Bertz CT molecular complexity index is 815. The number of ether oxygens (including phenoxy) is 1. The summed E-state index contributed by atoms with van der Waals surface area (Å²) < 4.78 is 36.1. The van der Waals surface area contributed by atoms with Crippen LogP contribution in [0.1, 0.15) is 142 Å². The second kappa shape index (κ2) is 22.3. The van der Waals surface area contributed by atoms with Crippen LogP contribution in [0.5, 0.6) is 5.75 Å². The highest BCUT2D eigenvalue weighted by atomic mass is 32.2. The molecule has 0 saturated carbocycles. The van der Waals surface area contributed by atoms with E-state index in [4.69, 9.17) is 9.29 Å². The summed E-state index contributed by atoms with van der Waals surface area (Å²) in [6.07, 6.45) is 31.4. The van der Waals surface area contributed by atoms with Crippen molar-refractivity contribution in [1.29, 1.82) is 0 Å². The summed E-state index contributed by atoms with van der Waals surface area (Å²) in [4.78, 5) is 11.6. The van der Waals surface area contributed by atoms with Gasteiger partial charge >= 0.3 is 5.97 Å². The van der Waals surface area contributed by atoms with Crippen LogP contribution < -0.4 is 4.74 Å². The maximum Gasteiger partial charge on any atom is 0.335 e. The molecule has 0 aliphatic heterocycles. The molecule has 0 heterocycles. The van der Waals surface area contributed by atoms with E-state index >= 15 is 0 Å². The third-order valence-electron chi connectivity index (χ3n) is 6.82. The molecule has 1 N–H and O–H groups in total. The number of carbonyl (C=O) groups is 1. The Balaban J connectivity index is 1.84. The molecule has 0 aliphatic carbocycles. The molecule has 1 rings (SSSR count). The van der Waals surface area contributed by atoms with Gasteiger partial charge in [0.15, 0.2) is 0 Å². The predicted octanol–water partition coefficient (Wildman–Crippen LogP) is 9.61. The van der Waals surface area contributed by atoms with E-state index in [1.165, 1.54) is 152 Å². The Hall–Kier alpha value is -1.66. The maximum atomic E-state index is 11.8. The van der Waals surface area contributed by atoms with Crippen LogP contribution in [0.15, 0.2) is 41.3 Å². The van der Waals surface area contributed by atoms with Gasteiger partial charge in [-0.3, -0.25) is 4.55 Å². The monoisotopic (exact) mass is 536 g/mol. The molecule has 1 aromatic rings. The van der Waals surface area contributed by atoms with Gasteiger partial charge in [0.1, 0.15) is 5.75 Å². The van der Waals surface area contributed by atoms with Crippen LogP contribution in [0, 0.1) is 0 Å². The molecule has 0 aromatic heterocycles. The lowest BCUT2D eigenvalue weighted by Gasteiger charge is -2.04. The molecular weight excluding hydrogens is 484 g/mol. The average Bonchev–Trinajstić information content (AvgIpc) is 2.87. The predicted molar refractivity (Wildman–Crippen MR) is 154 cm³/mol. The molecule has 0 amide bonds. The summed E-state index contributed by atoms with van der Waals surface area (Å²) in [6.45, 7) is 2.28. The van der Waals surface area contributed by atoms with Gasteiger partial charge in [-0.1, -0.05) is 135 Å². The highest BCUT2D eigenvalue weighted by Gasteiger charge is 2.09. The zero-order valence-electron chi connectivity index (χ0n) is 23.3. The fraction of sp³-hybridized carbons (Fsp3) is 0.710. The van der Waals surface area contributed by atoms with Crippen molar-refractivity contribution < 1.29 is 22.5 Å². The maximum absolute atomic E-state index is 11.8. The quantitative estimate of drug-likeness (QED) is 0.0467. The Morgan fingerprint density at radius 3 is 1.43 bits per heavy atom. The van der Waals surface area contributed by atoms with Gasteiger partial charge in [0.2, 0.25) is 0 Å². The summed E-state index contributed by atoms with van der Waals surface area (Å²) in [5.41, 5.74) is 0. The highest BCUT2D eigenvalue weighted by Crippen LogP contribution is 2.17. The minimum Gasteiger partial charge on any atom is -0.423 e. The fourth-order valence-electron chi connectivity index (χ4n) is 4.53. The number of esters is 1. The molecule has 1 aromatic carbocycles. The Morgan fingerprint density at radius 2 is 1.05 bits per heavy atom. The largest absolute Gasteiger partial charge is 0.423 e. The van der Waals surface area contributed by atoms with Crippen LogP contribution in [0.4, 0.5) is 0 Å². The van der Waals surface area contributed by atoms with Crippen molar-refractivity contribution >= 4 is 16.1 Å². The van der Waals surface area contributed by atoms with Crippen LogP contribution in [0.2, 0.25) is 0 Å². The van der Waals surface area contributed by atoms with Gasteiger partial charge in [0.25, 0.3) is 10.1 Å². The lowest BCUT2D eigenvalue weighted by Crippen LogP contribution is -2.04. The smallest absolute Gasteiger partial charge is 0.335 e. The zero-order chi connectivity index (χ0) is 27.0. The summed E-state index contributed by atoms with van der Waals surface area (Å²) in [6, 6.07) is 5.07. The third kappa shape index (κ3) is 20.0. The van der Waals surface area contributed by atoms with E-state index in [9.17, 15) is 13.2 Å². The number of unbranched alkanes of at least 4 members (excludes halogenated alkanes) is 20. The molecule has 0 saturated heterocycles. The molecule has 5 nitrogen and oxygen atoms in total. The molecule has 0 unspecified atom stereocenters. The van der Waals surface area contributed by atoms with Crippen molar-refractivity contribution in [3.05, 3.63) is 36.4 Å². The van der Waals surface area contributed by atoms with Gasteiger partial charge in [0.05, 0.1) is 4.90 Å². The minimum atomic E-state index is -4.25. The third-order valence-corrected chi connectivity index (χ3v) is 7.69. The summed E-state index contributed by atoms with van der Waals surface area (Å²) in [5.74, 6) is -0.256. The van der Waals surface area contributed by atoms with E-state index < -0.39 is 16.1 Å². The van der Waals surface area contributed by atoms with Gasteiger partial charge in [-0.2, -0.15) is 8.42 Å². The standard InChI is InChI=1S/C31H52O5S/c1-2-3-4-5-6-7-8-9-10-11-12-13-14-15-16-17-18-19-20-21-22-23-24-31(32)36-29-25-27-30(28-26-29)37(33,34)35/h23-28H,2-22H2,1H3,(H,33,34,35).